The van der Waals surface area contributed by atoms with Crippen molar-refractivity contribution in [3.63, 3.8) is 0 Å². The van der Waals surface area contributed by atoms with Gasteiger partial charge in [-0.3, -0.25) is 4.79 Å². The van der Waals surface area contributed by atoms with Crippen LogP contribution in [0.25, 0.3) is 0 Å². The summed E-state index contributed by atoms with van der Waals surface area (Å²) in [7, 11) is -3.44. The van der Waals surface area contributed by atoms with Gasteiger partial charge in [-0.15, -0.1) is 0 Å². The standard InChI is InChI=1S/C25H35FN2O4S/c1-18-7-10-20(24(29)27-18)6-4-2-3-5-15-33(30,31)28-25(13-14-25)21-11-12-22(26)23(16-21)32-17-19-8-9-19/h11-12,16,19-20,28H,1-10,13-15,17H2,(H,27,29). The van der Waals surface area contributed by atoms with Crippen molar-refractivity contribution in [3.8, 4) is 5.75 Å². The van der Waals surface area contributed by atoms with E-state index >= 15 is 0 Å². The van der Waals surface area contributed by atoms with Crippen LogP contribution in [-0.4, -0.2) is 26.7 Å². The van der Waals surface area contributed by atoms with E-state index in [-0.39, 0.29) is 23.3 Å². The number of hydrogen-bond acceptors (Lipinski definition) is 4. The molecule has 4 rings (SSSR count). The first-order chi connectivity index (χ1) is 15.8. The monoisotopic (exact) mass is 478 g/mol. The second-order valence-electron chi connectivity index (χ2n) is 9.93. The topological polar surface area (TPSA) is 84.5 Å². The Hall–Kier alpha value is -1.93. The first kappa shape index (κ1) is 24.2. The molecule has 1 aromatic carbocycles. The van der Waals surface area contributed by atoms with E-state index in [0.29, 0.717) is 31.8 Å². The molecule has 33 heavy (non-hydrogen) atoms. The Balaban J connectivity index is 1.20. The molecular formula is C25H35FN2O4S. The molecule has 8 heteroatoms. The number of carbonyl (C=O) groups excluding carboxylic acids is 1. The second-order valence-corrected chi connectivity index (χ2v) is 11.8. The lowest BCUT2D eigenvalue weighted by Gasteiger charge is -2.23. The number of ether oxygens (including phenoxy) is 1. The SMILES string of the molecule is C=C1CCC(CCCCCCS(=O)(=O)NC2(c3ccc(F)c(OCC4CC4)c3)CC2)C(=O)N1. The number of nitrogens with one attached hydrogen (secondary N) is 2. The van der Waals surface area contributed by atoms with Crippen molar-refractivity contribution in [1.29, 1.82) is 0 Å². The lowest BCUT2D eigenvalue weighted by atomic mass is 9.91. The van der Waals surface area contributed by atoms with Gasteiger partial charge in [0.15, 0.2) is 11.6 Å². The van der Waals surface area contributed by atoms with Gasteiger partial charge in [0.2, 0.25) is 15.9 Å². The van der Waals surface area contributed by atoms with Crippen molar-refractivity contribution in [1.82, 2.24) is 10.0 Å². The van der Waals surface area contributed by atoms with E-state index in [9.17, 15) is 17.6 Å². The van der Waals surface area contributed by atoms with Crippen LogP contribution in [0.1, 0.15) is 76.2 Å². The summed E-state index contributed by atoms with van der Waals surface area (Å²) in [4.78, 5) is 11.9. The van der Waals surface area contributed by atoms with Gasteiger partial charge < -0.3 is 10.1 Å². The van der Waals surface area contributed by atoms with Crippen molar-refractivity contribution in [2.75, 3.05) is 12.4 Å². The Morgan fingerprint density at radius 3 is 2.61 bits per heavy atom. The molecule has 2 N–H and O–H groups in total. The Kier molecular flexibility index (Phi) is 7.43. The molecule has 182 valence electrons. The smallest absolute Gasteiger partial charge is 0.227 e. The fraction of sp³-hybridized carbons (Fsp3) is 0.640. The predicted octanol–water partition coefficient (Wildman–Crippen LogP) is 4.51. The molecule has 1 aliphatic heterocycles. The van der Waals surface area contributed by atoms with Gasteiger partial charge in [-0.05, 0) is 75.0 Å². The van der Waals surface area contributed by atoms with Gasteiger partial charge in [-0.25, -0.2) is 17.5 Å². The van der Waals surface area contributed by atoms with Crippen molar-refractivity contribution in [2.45, 2.75) is 76.2 Å². The minimum Gasteiger partial charge on any atom is -0.490 e. The van der Waals surface area contributed by atoms with Crippen LogP contribution in [0.3, 0.4) is 0 Å². The summed E-state index contributed by atoms with van der Waals surface area (Å²) < 4.78 is 48.0. The molecule has 1 atom stereocenters. The number of carbonyl (C=O) groups is 1. The number of unbranched alkanes of at least 4 members (excludes halogenated alkanes) is 3. The first-order valence-corrected chi connectivity index (χ1v) is 13.8. The van der Waals surface area contributed by atoms with Crippen LogP contribution in [0.4, 0.5) is 4.39 Å². The number of allylic oxidation sites excluding steroid dienone is 1. The average molecular weight is 479 g/mol. The zero-order valence-electron chi connectivity index (χ0n) is 19.2. The summed E-state index contributed by atoms with van der Waals surface area (Å²) in [5.41, 5.74) is 0.930. The summed E-state index contributed by atoms with van der Waals surface area (Å²) >= 11 is 0. The van der Waals surface area contributed by atoms with Gasteiger partial charge in [0.05, 0.1) is 17.9 Å². The summed E-state index contributed by atoms with van der Waals surface area (Å²) in [5, 5.41) is 2.81. The molecule has 0 bridgehead atoms. The molecule has 1 unspecified atom stereocenters. The van der Waals surface area contributed by atoms with Crippen LogP contribution < -0.4 is 14.8 Å². The number of benzene rings is 1. The van der Waals surface area contributed by atoms with Gasteiger partial charge in [0, 0.05) is 11.6 Å². The number of halogens is 1. The highest BCUT2D eigenvalue weighted by Crippen LogP contribution is 2.47. The fourth-order valence-electron chi connectivity index (χ4n) is 4.46. The highest BCUT2D eigenvalue weighted by atomic mass is 32.2. The third-order valence-corrected chi connectivity index (χ3v) is 8.46. The van der Waals surface area contributed by atoms with E-state index in [1.165, 1.54) is 6.07 Å². The van der Waals surface area contributed by atoms with Crippen LogP contribution in [-0.2, 0) is 20.4 Å². The van der Waals surface area contributed by atoms with E-state index in [1.807, 2.05) is 0 Å². The first-order valence-electron chi connectivity index (χ1n) is 12.2. The molecule has 2 aliphatic carbocycles. The summed E-state index contributed by atoms with van der Waals surface area (Å²) in [5.74, 6) is 0.500. The Morgan fingerprint density at radius 1 is 1.15 bits per heavy atom. The molecule has 3 aliphatic rings. The second kappa shape index (κ2) is 10.1. The molecular weight excluding hydrogens is 443 g/mol. The summed E-state index contributed by atoms with van der Waals surface area (Å²) in [6, 6.07) is 4.68. The van der Waals surface area contributed by atoms with Crippen molar-refractivity contribution in [2.24, 2.45) is 11.8 Å². The van der Waals surface area contributed by atoms with Gasteiger partial charge in [-0.2, -0.15) is 0 Å². The molecule has 1 saturated heterocycles. The molecule has 1 aromatic rings. The molecule has 0 spiro atoms. The Labute approximate surface area is 196 Å². The number of piperidine rings is 1. The molecule has 3 fully saturated rings. The third kappa shape index (κ3) is 6.79. The van der Waals surface area contributed by atoms with Crippen LogP contribution in [0.5, 0.6) is 5.75 Å². The maximum atomic E-state index is 14.1. The van der Waals surface area contributed by atoms with E-state index in [0.717, 1.165) is 62.6 Å². The Morgan fingerprint density at radius 2 is 1.91 bits per heavy atom. The molecule has 1 heterocycles. The highest BCUT2D eigenvalue weighted by Gasteiger charge is 2.47. The van der Waals surface area contributed by atoms with E-state index in [1.54, 1.807) is 12.1 Å². The maximum absolute atomic E-state index is 14.1. The normalized spacial score (nSPS) is 22.2. The van der Waals surface area contributed by atoms with Crippen molar-refractivity contribution >= 4 is 15.9 Å². The lowest BCUT2D eigenvalue weighted by Crippen LogP contribution is -2.36. The number of hydrogen-bond donors (Lipinski definition) is 2. The minimum atomic E-state index is -3.44. The lowest BCUT2D eigenvalue weighted by molar-refractivity contribution is -0.125. The zero-order chi connectivity index (χ0) is 23.5. The fourth-order valence-corrected chi connectivity index (χ4v) is 6.06. The maximum Gasteiger partial charge on any atom is 0.227 e. The third-order valence-electron chi connectivity index (χ3n) is 6.94. The van der Waals surface area contributed by atoms with Crippen LogP contribution in [0, 0.1) is 17.7 Å². The zero-order valence-corrected chi connectivity index (χ0v) is 20.0. The molecule has 6 nitrogen and oxygen atoms in total. The number of rotatable bonds is 13. The van der Waals surface area contributed by atoms with Crippen LogP contribution in [0.2, 0.25) is 0 Å². The van der Waals surface area contributed by atoms with Gasteiger partial charge >= 0.3 is 0 Å². The Bertz CT molecular complexity index is 986. The van der Waals surface area contributed by atoms with E-state index in [2.05, 4.69) is 16.6 Å². The van der Waals surface area contributed by atoms with Crippen LogP contribution >= 0.6 is 0 Å². The van der Waals surface area contributed by atoms with Gasteiger partial charge in [0.25, 0.3) is 0 Å². The quantitative estimate of drug-likeness (QED) is 0.409. The predicted molar refractivity (Wildman–Crippen MR) is 126 cm³/mol. The van der Waals surface area contributed by atoms with Crippen molar-refractivity contribution < 1.29 is 22.3 Å². The highest BCUT2D eigenvalue weighted by molar-refractivity contribution is 7.89. The van der Waals surface area contributed by atoms with Gasteiger partial charge in [-0.1, -0.05) is 31.9 Å². The molecule has 2 saturated carbocycles. The molecule has 0 radical (unpaired) electrons. The summed E-state index contributed by atoms with van der Waals surface area (Å²) in [6.07, 6.45) is 9.39. The van der Waals surface area contributed by atoms with Crippen molar-refractivity contribution in [3.05, 3.63) is 41.9 Å². The van der Waals surface area contributed by atoms with Gasteiger partial charge in [0.1, 0.15) is 0 Å². The van der Waals surface area contributed by atoms with E-state index in [4.69, 9.17) is 4.74 Å². The van der Waals surface area contributed by atoms with Crippen LogP contribution in [0.15, 0.2) is 30.5 Å². The molecule has 1 amide bonds. The summed E-state index contributed by atoms with van der Waals surface area (Å²) in [6.45, 7) is 4.31. The number of sulfonamides is 1. The van der Waals surface area contributed by atoms with E-state index < -0.39 is 21.4 Å². The minimum absolute atomic E-state index is 0.0458. The average Bonchev–Trinajstić information content (AvgIpc) is 3.68. The molecule has 0 aromatic heterocycles. The number of amides is 1. The largest absolute Gasteiger partial charge is 0.490 e.